The molecule has 1 fully saturated rings. The molecule has 1 aliphatic rings. The number of halogens is 1. The van der Waals surface area contributed by atoms with Gasteiger partial charge in [-0.2, -0.15) is 0 Å². The molecule has 4 heteroatoms. The number of hydrogen-bond donors (Lipinski definition) is 1. The number of amides is 1. The summed E-state index contributed by atoms with van der Waals surface area (Å²) < 4.78 is 0. The average molecular weight is 277 g/mol. The van der Waals surface area contributed by atoms with E-state index in [0.29, 0.717) is 11.8 Å². The quantitative estimate of drug-likeness (QED) is 0.809. The van der Waals surface area contributed by atoms with Crippen molar-refractivity contribution in [2.75, 3.05) is 26.2 Å². The Bertz CT molecular complexity index is 228. The van der Waals surface area contributed by atoms with E-state index in [9.17, 15) is 4.79 Å². The van der Waals surface area contributed by atoms with E-state index >= 15 is 0 Å². The summed E-state index contributed by atoms with van der Waals surface area (Å²) in [4.78, 5) is 14.1. The van der Waals surface area contributed by atoms with Crippen LogP contribution < -0.4 is 5.32 Å². The summed E-state index contributed by atoms with van der Waals surface area (Å²) in [5.74, 6) is 1.68. The molecule has 1 rings (SSSR count). The smallest absolute Gasteiger partial charge is 0.222 e. The molecule has 0 atom stereocenters. The van der Waals surface area contributed by atoms with E-state index in [1.807, 2.05) is 4.90 Å². The molecule has 0 aliphatic carbocycles. The van der Waals surface area contributed by atoms with Crippen LogP contribution in [0.1, 0.15) is 46.5 Å². The van der Waals surface area contributed by atoms with Crippen LogP contribution in [0.5, 0.6) is 0 Å². The summed E-state index contributed by atoms with van der Waals surface area (Å²) in [5, 5.41) is 3.37. The van der Waals surface area contributed by atoms with Gasteiger partial charge < -0.3 is 10.2 Å². The van der Waals surface area contributed by atoms with Gasteiger partial charge in [-0.3, -0.25) is 4.79 Å². The van der Waals surface area contributed by atoms with Crippen LogP contribution in [0.25, 0.3) is 0 Å². The maximum atomic E-state index is 12.1. The molecule has 0 aromatic heterocycles. The van der Waals surface area contributed by atoms with Gasteiger partial charge in [0.1, 0.15) is 0 Å². The van der Waals surface area contributed by atoms with Crippen molar-refractivity contribution in [3.8, 4) is 0 Å². The van der Waals surface area contributed by atoms with Gasteiger partial charge in [-0.1, -0.05) is 13.8 Å². The SMILES string of the molecule is CCN(CC(C)C)C(=O)CCC1CCNCC1.Cl. The number of nitrogens with one attached hydrogen (secondary N) is 1. The van der Waals surface area contributed by atoms with Gasteiger partial charge in [0.15, 0.2) is 0 Å². The van der Waals surface area contributed by atoms with Crippen LogP contribution in [0.2, 0.25) is 0 Å². The minimum atomic E-state index is 0. The highest BCUT2D eigenvalue weighted by Crippen LogP contribution is 2.18. The third-order valence-electron chi connectivity index (χ3n) is 3.55. The molecule has 1 amide bonds. The van der Waals surface area contributed by atoms with Crippen LogP contribution in [0.3, 0.4) is 0 Å². The molecule has 108 valence electrons. The van der Waals surface area contributed by atoms with E-state index in [-0.39, 0.29) is 12.4 Å². The predicted octanol–water partition coefficient (Wildman–Crippen LogP) is 2.69. The second-order valence-electron chi connectivity index (χ2n) is 5.56. The van der Waals surface area contributed by atoms with Gasteiger partial charge in [0.05, 0.1) is 0 Å². The van der Waals surface area contributed by atoms with Crippen LogP contribution >= 0.6 is 12.4 Å². The first-order chi connectivity index (χ1) is 8.13. The van der Waals surface area contributed by atoms with Crippen molar-refractivity contribution in [3.63, 3.8) is 0 Å². The van der Waals surface area contributed by atoms with Gasteiger partial charge in [0, 0.05) is 19.5 Å². The normalized spacial score (nSPS) is 16.4. The van der Waals surface area contributed by atoms with Gasteiger partial charge >= 0.3 is 0 Å². The largest absolute Gasteiger partial charge is 0.343 e. The Balaban J connectivity index is 0.00000289. The summed E-state index contributed by atoms with van der Waals surface area (Å²) in [7, 11) is 0. The Hall–Kier alpha value is -0.280. The van der Waals surface area contributed by atoms with Gasteiger partial charge in [-0.15, -0.1) is 12.4 Å². The maximum Gasteiger partial charge on any atom is 0.222 e. The summed E-state index contributed by atoms with van der Waals surface area (Å²) in [5.41, 5.74) is 0. The van der Waals surface area contributed by atoms with E-state index in [0.717, 1.165) is 44.9 Å². The van der Waals surface area contributed by atoms with Crippen LogP contribution in [0.15, 0.2) is 0 Å². The molecule has 0 radical (unpaired) electrons. The zero-order chi connectivity index (χ0) is 12.7. The van der Waals surface area contributed by atoms with Crippen LogP contribution in [0.4, 0.5) is 0 Å². The molecule has 0 unspecified atom stereocenters. The molecule has 1 heterocycles. The molecule has 0 saturated carbocycles. The minimum Gasteiger partial charge on any atom is -0.343 e. The number of rotatable bonds is 6. The lowest BCUT2D eigenvalue weighted by molar-refractivity contribution is -0.131. The summed E-state index contributed by atoms with van der Waals surface area (Å²) in [6.45, 7) is 10.4. The number of hydrogen-bond acceptors (Lipinski definition) is 2. The topological polar surface area (TPSA) is 32.3 Å². The molecule has 0 bridgehead atoms. The van der Waals surface area contributed by atoms with E-state index in [1.165, 1.54) is 12.8 Å². The molecule has 18 heavy (non-hydrogen) atoms. The Labute approximate surface area is 118 Å². The molecule has 1 saturated heterocycles. The summed E-state index contributed by atoms with van der Waals surface area (Å²) in [6, 6.07) is 0. The highest BCUT2D eigenvalue weighted by atomic mass is 35.5. The third kappa shape index (κ3) is 6.60. The Morgan fingerprint density at radius 1 is 1.33 bits per heavy atom. The molecular weight excluding hydrogens is 248 g/mol. The van der Waals surface area contributed by atoms with Crippen molar-refractivity contribution in [1.82, 2.24) is 10.2 Å². The van der Waals surface area contributed by atoms with Crippen LogP contribution in [-0.2, 0) is 4.79 Å². The molecule has 3 nitrogen and oxygen atoms in total. The highest BCUT2D eigenvalue weighted by Gasteiger charge is 2.17. The number of carbonyl (C=O) groups excluding carboxylic acids is 1. The van der Waals surface area contributed by atoms with Gasteiger partial charge in [0.2, 0.25) is 5.91 Å². The Morgan fingerprint density at radius 3 is 2.44 bits per heavy atom. The highest BCUT2D eigenvalue weighted by molar-refractivity contribution is 5.85. The summed E-state index contributed by atoms with van der Waals surface area (Å²) >= 11 is 0. The summed E-state index contributed by atoms with van der Waals surface area (Å²) in [6.07, 6.45) is 4.30. The first-order valence-corrected chi connectivity index (χ1v) is 7.12. The van der Waals surface area contributed by atoms with E-state index in [2.05, 4.69) is 26.1 Å². The fraction of sp³-hybridized carbons (Fsp3) is 0.929. The van der Waals surface area contributed by atoms with Crippen molar-refractivity contribution in [2.45, 2.75) is 46.5 Å². The van der Waals surface area contributed by atoms with Gasteiger partial charge in [-0.05, 0) is 51.1 Å². The lowest BCUT2D eigenvalue weighted by Crippen LogP contribution is -2.34. The number of nitrogens with zero attached hydrogens (tertiary/aromatic N) is 1. The number of piperidine rings is 1. The molecule has 1 N–H and O–H groups in total. The zero-order valence-corrected chi connectivity index (χ0v) is 12.9. The molecule has 0 aromatic carbocycles. The van der Waals surface area contributed by atoms with Gasteiger partial charge in [-0.25, -0.2) is 0 Å². The minimum absolute atomic E-state index is 0. The Morgan fingerprint density at radius 2 is 1.94 bits per heavy atom. The fourth-order valence-electron chi connectivity index (χ4n) is 2.50. The van der Waals surface area contributed by atoms with Crippen molar-refractivity contribution in [1.29, 1.82) is 0 Å². The maximum absolute atomic E-state index is 12.1. The lowest BCUT2D eigenvalue weighted by atomic mass is 9.93. The van der Waals surface area contributed by atoms with Crippen molar-refractivity contribution >= 4 is 18.3 Å². The van der Waals surface area contributed by atoms with Crippen molar-refractivity contribution in [3.05, 3.63) is 0 Å². The van der Waals surface area contributed by atoms with E-state index in [4.69, 9.17) is 0 Å². The third-order valence-corrected chi connectivity index (χ3v) is 3.55. The second-order valence-corrected chi connectivity index (χ2v) is 5.56. The van der Waals surface area contributed by atoms with E-state index in [1.54, 1.807) is 0 Å². The average Bonchev–Trinajstić information content (AvgIpc) is 2.34. The van der Waals surface area contributed by atoms with Crippen LogP contribution in [0, 0.1) is 11.8 Å². The zero-order valence-electron chi connectivity index (χ0n) is 12.1. The predicted molar refractivity (Wildman–Crippen MR) is 79.2 cm³/mol. The molecule has 1 aliphatic heterocycles. The Kier molecular flexibility index (Phi) is 9.47. The number of carbonyl (C=O) groups is 1. The molecular formula is C14H29ClN2O. The molecule has 0 aromatic rings. The fourth-order valence-corrected chi connectivity index (χ4v) is 2.50. The first kappa shape index (κ1) is 17.7. The van der Waals surface area contributed by atoms with Crippen molar-refractivity contribution < 1.29 is 4.79 Å². The standard InChI is InChI=1S/C14H28N2O.ClH/c1-4-16(11-12(2)3)14(17)6-5-13-7-9-15-10-8-13;/h12-13,15H,4-11H2,1-3H3;1H. The van der Waals surface area contributed by atoms with Crippen molar-refractivity contribution in [2.24, 2.45) is 11.8 Å². The van der Waals surface area contributed by atoms with E-state index < -0.39 is 0 Å². The second kappa shape index (κ2) is 9.62. The van der Waals surface area contributed by atoms with Crippen LogP contribution in [-0.4, -0.2) is 37.0 Å². The lowest BCUT2D eigenvalue weighted by Gasteiger charge is -2.26. The molecule has 0 spiro atoms. The monoisotopic (exact) mass is 276 g/mol. The van der Waals surface area contributed by atoms with Gasteiger partial charge in [0.25, 0.3) is 0 Å². The first-order valence-electron chi connectivity index (χ1n) is 7.12.